The van der Waals surface area contributed by atoms with E-state index in [2.05, 4.69) is 11.7 Å². The summed E-state index contributed by atoms with van der Waals surface area (Å²) < 4.78 is 55.0. The summed E-state index contributed by atoms with van der Waals surface area (Å²) in [5, 5.41) is 0. The quantitative estimate of drug-likeness (QED) is 0.362. The van der Waals surface area contributed by atoms with Crippen LogP contribution in [-0.4, -0.2) is 6.36 Å². The third-order valence-corrected chi connectivity index (χ3v) is 9.21. The lowest BCUT2D eigenvalue weighted by Gasteiger charge is -2.39. The van der Waals surface area contributed by atoms with Gasteiger partial charge in [-0.2, -0.15) is 0 Å². The molecule has 1 atom stereocenters. The van der Waals surface area contributed by atoms with Crippen LogP contribution in [0.2, 0.25) is 0 Å². The average molecular weight is 469 g/mol. The van der Waals surface area contributed by atoms with Gasteiger partial charge in [-0.1, -0.05) is 57.9 Å². The minimum Gasteiger partial charge on any atom is -0.403 e. The van der Waals surface area contributed by atoms with Crippen molar-refractivity contribution in [3.05, 3.63) is 29.6 Å². The summed E-state index contributed by atoms with van der Waals surface area (Å²) in [5.74, 6) is 3.01. The smallest absolute Gasteiger partial charge is 0.403 e. The van der Waals surface area contributed by atoms with Crippen LogP contribution in [-0.2, 0) is 0 Å². The van der Waals surface area contributed by atoms with Crippen LogP contribution in [0.1, 0.15) is 108 Å². The molecule has 3 fully saturated rings. The Morgan fingerprint density at radius 2 is 1.48 bits per heavy atom. The van der Waals surface area contributed by atoms with Crippen molar-refractivity contribution < 1.29 is 22.3 Å². The van der Waals surface area contributed by atoms with E-state index in [9.17, 15) is 17.6 Å². The lowest BCUT2D eigenvalue weighted by atomic mass is 9.67. The first-order chi connectivity index (χ1) is 15.8. The summed E-state index contributed by atoms with van der Waals surface area (Å²) in [5.41, 5.74) is 0.807. The minimum absolute atomic E-state index is 0.240. The molecule has 0 heterocycles. The fourth-order valence-corrected chi connectivity index (χ4v) is 7.35. The molecule has 0 amide bonds. The largest absolute Gasteiger partial charge is 0.573 e. The highest BCUT2D eigenvalue weighted by Crippen LogP contribution is 2.46. The van der Waals surface area contributed by atoms with Gasteiger partial charge in [0.25, 0.3) is 0 Å². The van der Waals surface area contributed by atoms with Gasteiger partial charge in [-0.3, -0.25) is 0 Å². The molecule has 1 aromatic rings. The topological polar surface area (TPSA) is 9.23 Å². The van der Waals surface area contributed by atoms with Crippen molar-refractivity contribution in [2.45, 2.75) is 109 Å². The molecule has 0 aromatic heterocycles. The normalized spacial score (nSPS) is 30.3. The molecule has 186 valence electrons. The maximum Gasteiger partial charge on any atom is 0.573 e. The molecular formula is C28H40F4O. The Bertz CT molecular complexity index is 739. The fourth-order valence-electron chi connectivity index (χ4n) is 7.35. The van der Waals surface area contributed by atoms with Gasteiger partial charge in [-0.15, -0.1) is 13.2 Å². The van der Waals surface area contributed by atoms with Gasteiger partial charge in [0.15, 0.2) is 11.6 Å². The van der Waals surface area contributed by atoms with E-state index in [4.69, 9.17) is 0 Å². The monoisotopic (exact) mass is 468 g/mol. The number of ether oxygens (including phenoxy) is 1. The van der Waals surface area contributed by atoms with Crippen molar-refractivity contribution in [3.8, 4) is 5.75 Å². The van der Waals surface area contributed by atoms with E-state index >= 15 is 0 Å². The molecule has 1 aromatic carbocycles. The van der Waals surface area contributed by atoms with E-state index < -0.39 is 17.9 Å². The van der Waals surface area contributed by atoms with Gasteiger partial charge in [0.2, 0.25) is 0 Å². The average Bonchev–Trinajstić information content (AvgIpc) is 3.33. The number of rotatable bonds is 7. The summed E-state index contributed by atoms with van der Waals surface area (Å²) in [6.45, 7) is 2.38. The van der Waals surface area contributed by atoms with Crippen molar-refractivity contribution in [2.75, 3.05) is 0 Å². The molecule has 3 aliphatic carbocycles. The second kappa shape index (κ2) is 11.0. The van der Waals surface area contributed by atoms with E-state index in [1.54, 1.807) is 6.07 Å². The first kappa shape index (κ1) is 24.9. The van der Waals surface area contributed by atoms with Crippen LogP contribution in [0.25, 0.3) is 0 Å². The molecule has 0 bridgehead atoms. The molecule has 0 saturated heterocycles. The van der Waals surface area contributed by atoms with E-state index in [0.29, 0.717) is 0 Å². The zero-order chi connectivity index (χ0) is 23.4. The van der Waals surface area contributed by atoms with Crippen LogP contribution in [0.15, 0.2) is 18.2 Å². The highest BCUT2D eigenvalue weighted by atomic mass is 19.4. The van der Waals surface area contributed by atoms with E-state index in [-0.39, 0.29) is 5.92 Å². The van der Waals surface area contributed by atoms with Crippen LogP contribution in [0.5, 0.6) is 5.75 Å². The van der Waals surface area contributed by atoms with Gasteiger partial charge in [0.05, 0.1) is 0 Å². The van der Waals surface area contributed by atoms with Crippen LogP contribution in [0.4, 0.5) is 17.6 Å². The number of hydrogen-bond acceptors (Lipinski definition) is 1. The van der Waals surface area contributed by atoms with E-state index in [0.717, 1.165) is 66.9 Å². The predicted octanol–water partition coefficient (Wildman–Crippen LogP) is 9.41. The number of benzene rings is 1. The summed E-state index contributed by atoms with van der Waals surface area (Å²) in [6, 6.07) is 3.97. The molecule has 1 nitrogen and oxygen atoms in total. The maximum absolute atomic E-state index is 14.1. The van der Waals surface area contributed by atoms with Gasteiger partial charge >= 0.3 is 6.36 Å². The summed E-state index contributed by atoms with van der Waals surface area (Å²) >= 11 is 0. The maximum atomic E-state index is 14.1. The molecule has 0 N–H and O–H groups in total. The van der Waals surface area contributed by atoms with Crippen molar-refractivity contribution >= 4 is 0 Å². The standard InChI is InChI=1S/C28H40F4O/c1-2-20(21-5-3-4-6-21)17-19-7-9-22(10-8-19)23-11-13-24(14-12-23)25-15-16-27(26(29)18-25)33-28(30,31)32/h15-16,18-24H,2-14,17H2,1H3. The molecule has 0 spiro atoms. The number of halogens is 4. The Kier molecular flexibility index (Phi) is 8.28. The van der Waals surface area contributed by atoms with Gasteiger partial charge in [0.1, 0.15) is 0 Å². The fraction of sp³-hybridized carbons (Fsp3) is 0.786. The number of hydrogen-bond donors (Lipinski definition) is 0. The molecule has 4 rings (SSSR count). The highest BCUT2D eigenvalue weighted by Gasteiger charge is 2.35. The summed E-state index contributed by atoms with van der Waals surface area (Å²) in [4.78, 5) is 0. The van der Waals surface area contributed by atoms with Gasteiger partial charge in [-0.05, 0) is 98.1 Å². The van der Waals surface area contributed by atoms with E-state index in [1.807, 2.05) is 0 Å². The lowest BCUT2D eigenvalue weighted by molar-refractivity contribution is -0.275. The molecule has 1 unspecified atom stereocenters. The molecule has 0 aliphatic heterocycles. The molecule has 5 heteroatoms. The Hall–Kier alpha value is -1.26. The third kappa shape index (κ3) is 6.66. The van der Waals surface area contributed by atoms with Gasteiger partial charge in [-0.25, -0.2) is 4.39 Å². The SMILES string of the molecule is CCC(CC1CCC(C2CCC(c3ccc(OC(F)(F)F)c(F)c3)CC2)CC1)C1CCCC1. The highest BCUT2D eigenvalue weighted by molar-refractivity contribution is 5.31. The Morgan fingerprint density at radius 1 is 0.879 bits per heavy atom. The second-order valence-electron chi connectivity index (χ2n) is 11.1. The van der Waals surface area contributed by atoms with E-state index in [1.165, 1.54) is 70.3 Å². The van der Waals surface area contributed by atoms with Crippen LogP contribution >= 0.6 is 0 Å². The molecule has 3 aliphatic rings. The Morgan fingerprint density at radius 3 is 2.03 bits per heavy atom. The summed E-state index contributed by atoms with van der Waals surface area (Å²) in [6.07, 6.45) is 13.5. The van der Waals surface area contributed by atoms with Crippen LogP contribution < -0.4 is 4.74 Å². The third-order valence-electron chi connectivity index (χ3n) is 9.21. The number of alkyl halides is 3. The second-order valence-corrected chi connectivity index (χ2v) is 11.1. The van der Waals surface area contributed by atoms with Crippen molar-refractivity contribution in [2.24, 2.45) is 29.6 Å². The predicted molar refractivity (Wildman–Crippen MR) is 124 cm³/mol. The first-order valence-corrected chi connectivity index (χ1v) is 13.4. The lowest BCUT2D eigenvalue weighted by Crippen LogP contribution is -2.27. The van der Waals surface area contributed by atoms with Gasteiger partial charge < -0.3 is 4.74 Å². The zero-order valence-electron chi connectivity index (χ0n) is 20.0. The van der Waals surface area contributed by atoms with Crippen LogP contribution in [0.3, 0.4) is 0 Å². The van der Waals surface area contributed by atoms with Gasteiger partial charge in [0, 0.05) is 0 Å². The first-order valence-electron chi connectivity index (χ1n) is 13.4. The minimum atomic E-state index is -4.87. The van der Waals surface area contributed by atoms with Crippen molar-refractivity contribution in [3.63, 3.8) is 0 Å². The zero-order valence-corrected chi connectivity index (χ0v) is 20.0. The van der Waals surface area contributed by atoms with Crippen LogP contribution in [0, 0.1) is 35.4 Å². The van der Waals surface area contributed by atoms with Crippen molar-refractivity contribution in [1.29, 1.82) is 0 Å². The molecule has 0 radical (unpaired) electrons. The molecular weight excluding hydrogens is 428 g/mol. The molecule has 33 heavy (non-hydrogen) atoms. The molecule has 3 saturated carbocycles. The summed E-state index contributed by atoms with van der Waals surface area (Å²) in [7, 11) is 0. The Labute approximate surface area is 196 Å². The Balaban J connectivity index is 1.22. The van der Waals surface area contributed by atoms with Crippen molar-refractivity contribution in [1.82, 2.24) is 0 Å².